The summed E-state index contributed by atoms with van der Waals surface area (Å²) in [4.78, 5) is 2.71. The van der Waals surface area contributed by atoms with Crippen molar-refractivity contribution in [3.63, 3.8) is 0 Å². The van der Waals surface area contributed by atoms with Crippen LogP contribution in [0.4, 0.5) is 0 Å². The normalized spacial score (nSPS) is 26.6. The van der Waals surface area contributed by atoms with Crippen molar-refractivity contribution < 1.29 is 0 Å². The van der Waals surface area contributed by atoms with Gasteiger partial charge >= 0.3 is 0 Å². The molecule has 2 aliphatic rings. The van der Waals surface area contributed by atoms with Crippen LogP contribution in [-0.2, 0) is 6.54 Å². The molecule has 1 aliphatic carbocycles. The predicted octanol–water partition coefficient (Wildman–Crippen LogP) is 3.63. The van der Waals surface area contributed by atoms with Crippen molar-refractivity contribution in [3.05, 3.63) is 22.4 Å². The Morgan fingerprint density at radius 1 is 1.26 bits per heavy atom. The number of hydrogen-bond donors (Lipinski definition) is 1. The minimum absolute atomic E-state index is 0.268. The molecule has 0 unspecified atom stereocenters. The van der Waals surface area contributed by atoms with Gasteiger partial charge in [-0.05, 0) is 49.1 Å². The van der Waals surface area contributed by atoms with Crippen LogP contribution < -0.4 is 5.32 Å². The van der Waals surface area contributed by atoms with E-state index in [2.05, 4.69) is 40.9 Å². The lowest BCUT2D eigenvalue weighted by Crippen LogP contribution is -2.68. The minimum atomic E-state index is 0.268. The van der Waals surface area contributed by atoms with Crippen molar-refractivity contribution in [2.24, 2.45) is 0 Å². The molecule has 3 rings (SSSR count). The topological polar surface area (TPSA) is 15.3 Å². The first kappa shape index (κ1) is 13.6. The summed E-state index contributed by atoms with van der Waals surface area (Å²) in [5.41, 5.74) is 2.15. The molecule has 0 aromatic carbocycles. The van der Waals surface area contributed by atoms with Crippen molar-refractivity contribution >= 4 is 11.3 Å². The Kier molecular flexibility index (Phi) is 3.71. The van der Waals surface area contributed by atoms with Gasteiger partial charge in [0.15, 0.2) is 0 Å². The van der Waals surface area contributed by atoms with Gasteiger partial charge in [0.05, 0.1) is 0 Å². The molecule has 0 bridgehead atoms. The molecule has 1 N–H and O–H groups in total. The number of nitrogens with zero attached hydrogens (tertiary/aromatic N) is 1. The molecule has 2 heterocycles. The molecular formula is C16H26N2S. The van der Waals surface area contributed by atoms with E-state index in [1.807, 2.05) is 11.3 Å². The van der Waals surface area contributed by atoms with Gasteiger partial charge in [-0.1, -0.05) is 19.3 Å². The average molecular weight is 278 g/mol. The second kappa shape index (κ2) is 5.19. The first-order valence-electron chi connectivity index (χ1n) is 7.61. The Hall–Kier alpha value is -0.380. The van der Waals surface area contributed by atoms with Crippen LogP contribution in [-0.4, -0.2) is 29.1 Å². The molecular weight excluding hydrogens is 252 g/mol. The van der Waals surface area contributed by atoms with E-state index in [-0.39, 0.29) is 5.54 Å². The maximum Gasteiger partial charge on any atom is 0.0309 e. The Labute approximate surface area is 121 Å². The highest BCUT2D eigenvalue weighted by Crippen LogP contribution is 2.35. The fraction of sp³-hybridized carbons (Fsp3) is 0.750. The second-order valence-electron chi connectivity index (χ2n) is 6.99. The van der Waals surface area contributed by atoms with Crippen LogP contribution in [0.3, 0.4) is 0 Å². The average Bonchev–Trinajstić information content (AvgIpc) is 2.89. The monoisotopic (exact) mass is 278 g/mol. The van der Waals surface area contributed by atoms with E-state index < -0.39 is 0 Å². The van der Waals surface area contributed by atoms with Crippen LogP contribution in [0.2, 0.25) is 0 Å². The minimum Gasteiger partial charge on any atom is -0.308 e. The summed E-state index contributed by atoms with van der Waals surface area (Å²) in [6.07, 6.45) is 6.96. The Morgan fingerprint density at radius 2 is 2.05 bits per heavy atom. The van der Waals surface area contributed by atoms with Gasteiger partial charge in [-0.15, -0.1) is 0 Å². The van der Waals surface area contributed by atoms with Crippen LogP contribution in [0, 0.1) is 0 Å². The van der Waals surface area contributed by atoms with E-state index in [1.54, 1.807) is 0 Å². The lowest BCUT2D eigenvalue weighted by atomic mass is 9.77. The zero-order valence-corrected chi connectivity index (χ0v) is 13.1. The number of nitrogens with one attached hydrogen (secondary N) is 1. The van der Waals surface area contributed by atoms with Crippen LogP contribution in [0.25, 0.3) is 0 Å². The lowest BCUT2D eigenvalue weighted by Gasteiger charge is -2.53. The van der Waals surface area contributed by atoms with E-state index in [4.69, 9.17) is 0 Å². The van der Waals surface area contributed by atoms with Gasteiger partial charge < -0.3 is 5.32 Å². The number of piperazine rings is 1. The molecule has 0 atom stereocenters. The molecule has 19 heavy (non-hydrogen) atoms. The summed E-state index contributed by atoms with van der Waals surface area (Å²) < 4.78 is 0. The van der Waals surface area contributed by atoms with Gasteiger partial charge in [0.1, 0.15) is 0 Å². The third-order valence-corrected chi connectivity index (χ3v) is 5.74. The maximum atomic E-state index is 3.90. The fourth-order valence-electron chi connectivity index (χ4n) is 3.59. The Morgan fingerprint density at radius 3 is 2.74 bits per heavy atom. The van der Waals surface area contributed by atoms with Gasteiger partial charge in [0.2, 0.25) is 0 Å². The highest BCUT2D eigenvalue weighted by Gasteiger charge is 2.42. The molecule has 2 nitrogen and oxygen atoms in total. The lowest BCUT2D eigenvalue weighted by molar-refractivity contribution is 0.00493. The summed E-state index contributed by atoms with van der Waals surface area (Å²) in [6, 6.07) is 2.27. The molecule has 2 fully saturated rings. The molecule has 106 valence electrons. The van der Waals surface area contributed by atoms with E-state index in [0.717, 1.165) is 13.1 Å². The molecule has 1 aromatic rings. The summed E-state index contributed by atoms with van der Waals surface area (Å²) in [7, 11) is 0. The summed E-state index contributed by atoms with van der Waals surface area (Å²) >= 11 is 1.81. The highest BCUT2D eigenvalue weighted by atomic mass is 32.1. The largest absolute Gasteiger partial charge is 0.308 e. The zero-order chi connectivity index (χ0) is 13.3. The Balaban J connectivity index is 1.74. The molecule has 3 heteroatoms. The van der Waals surface area contributed by atoms with Crippen LogP contribution in [0.5, 0.6) is 0 Å². The summed E-state index contributed by atoms with van der Waals surface area (Å²) in [5.74, 6) is 0. The second-order valence-corrected chi connectivity index (χ2v) is 7.77. The quantitative estimate of drug-likeness (QED) is 0.888. The van der Waals surface area contributed by atoms with Crippen molar-refractivity contribution in [3.8, 4) is 0 Å². The number of hydrogen-bond acceptors (Lipinski definition) is 3. The third-order valence-electron chi connectivity index (χ3n) is 5.01. The van der Waals surface area contributed by atoms with Crippen molar-refractivity contribution in [1.82, 2.24) is 10.2 Å². The van der Waals surface area contributed by atoms with Crippen molar-refractivity contribution in [2.75, 3.05) is 13.1 Å². The molecule has 0 amide bonds. The van der Waals surface area contributed by atoms with Crippen LogP contribution >= 0.6 is 11.3 Å². The van der Waals surface area contributed by atoms with E-state index >= 15 is 0 Å². The Bertz CT molecular complexity index is 404. The van der Waals surface area contributed by atoms with Crippen LogP contribution in [0.1, 0.15) is 51.5 Å². The molecule has 1 spiro atoms. The van der Waals surface area contributed by atoms with Gasteiger partial charge in [-0.3, -0.25) is 4.90 Å². The predicted molar refractivity (Wildman–Crippen MR) is 82.6 cm³/mol. The summed E-state index contributed by atoms with van der Waals surface area (Å²) in [5, 5.41) is 8.39. The van der Waals surface area contributed by atoms with E-state index in [0.29, 0.717) is 5.54 Å². The van der Waals surface area contributed by atoms with Gasteiger partial charge in [0, 0.05) is 30.7 Å². The molecule has 0 radical (unpaired) electrons. The molecule has 1 aliphatic heterocycles. The molecule has 1 saturated carbocycles. The number of rotatable bonds is 2. The number of thiophene rings is 1. The van der Waals surface area contributed by atoms with Gasteiger partial charge in [0.25, 0.3) is 0 Å². The fourth-order valence-corrected chi connectivity index (χ4v) is 4.25. The van der Waals surface area contributed by atoms with Crippen molar-refractivity contribution in [2.45, 2.75) is 63.6 Å². The third kappa shape index (κ3) is 2.88. The molecule has 1 saturated heterocycles. The van der Waals surface area contributed by atoms with Gasteiger partial charge in [-0.2, -0.15) is 11.3 Å². The maximum absolute atomic E-state index is 3.90. The molecule has 1 aromatic heterocycles. The SMILES string of the molecule is CC1(C)CNC2(CCCCC2)CN1Cc1ccsc1. The van der Waals surface area contributed by atoms with E-state index in [1.165, 1.54) is 44.2 Å². The summed E-state index contributed by atoms with van der Waals surface area (Å²) in [6.45, 7) is 8.21. The first-order chi connectivity index (χ1) is 9.10. The van der Waals surface area contributed by atoms with Crippen LogP contribution in [0.15, 0.2) is 16.8 Å². The van der Waals surface area contributed by atoms with Crippen molar-refractivity contribution in [1.29, 1.82) is 0 Å². The van der Waals surface area contributed by atoms with Gasteiger partial charge in [-0.25, -0.2) is 0 Å². The van der Waals surface area contributed by atoms with E-state index in [9.17, 15) is 0 Å². The smallest absolute Gasteiger partial charge is 0.0309 e. The zero-order valence-electron chi connectivity index (χ0n) is 12.2. The standard InChI is InChI=1S/C16H26N2S/c1-15(2)12-17-16(7-4-3-5-8-16)13-18(15)10-14-6-9-19-11-14/h6,9,11,17H,3-5,7-8,10,12-13H2,1-2H3. The first-order valence-corrected chi connectivity index (χ1v) is 8.55. The highest BCUT2D eigenvalue weighted by molar-refractivity contribution is 7.07.